The van der Waals surface area contributed by atoms with Gasteiger partial charge in [0.2, 0.25) is 0 Å². The topological polar surface area (TPSA) is 40.5 Å². The molecule has 2 atom stereocenters. The van der Waals surface area contributed by atoms with E-state index in [1.54, 1.807) is 4.90 Å². The van der Waals surface area contributed by atoms with Crippen molar-refractivity contribution in [3.8, 4) is 11.8 Å². The first-order valence-corrected chi connectivity index (χ1v) is 7.76. The molecule has 110 valence electrons. The molecule has 0 spiro atoms. The molecule has 0 aromatic heterocycles. The van der Waals surface area contributed by atoms with Gasteiger partial charge in [0, 0.05) is 30.5 Å². The molecule has 1 aliphatic heterocycles. The molecular formula is C18H21NO2. The Balaban J connectivity index is 1.66. The minimum Gasteiger partial charge on any atom is -0.389 e. The van der Waals surface area contributed by atoms with Crippen LogP contribution in [0.5, 0.6) is 0 Å². The number of fused-ring (bicyclic) bond motifs is 1. The second-order valence-electron chi connectivity index (χ2n) is 6.16. The van der Waals surface area contributed by atoms with Crippen molar-refractivity contribution in [2.75, 3.05) is 13.1 Å². The van der Waals surface area contributed by atoms with Gasteiger partial charge in [-0.15, -0.1) is 0 Å². The lowest BCUT2D eigenvalue weighted by Gasteiger charge is -2.46. The first kappa shape index (κ1) is 14.2. The van der Waals surface area contributed by atoms with Crippen LogP contribution in [-0.4, -0.2) is 34.6 Å². The summed E-state index contributed by atoms with van der Waals surface area (Å²) in [5.41, 5.74) is 0.319. The average Bonchev–Trinajstić information content (AvgIpc) is 2.52. The molecule has 21 heavy (non-hydrogen) atoms. The fourth-order valence-corrected chi connectivity index (χ4v) is 3.48. The lowest BCUT2D eigenvalue weighted by atomic mass is 9.71. The third kappa shape index (κ3) is 3.11. The zero-order valence-electron chi connectivity index (χ0n) is 12.2. The summed E-state index contributed by atoms with van der Waals surface area (Å²) >= 11 is 0. The molecule has 1 amide bonds. The maximum Gasteiger partial charge on any atom is 0.298 e. The summed E-state index contributed by atoms with van der Waals surface area (Å²) in [5.74, 6) is 5.76. The highest BCUT2D eigenvalue weighted by Crippen LogP contribution is 2.39. The van der Waals surface area contributed by atoms with Gasteiger partial charge in [-0.25, -0.2) is 0 Å². The van der Waals surface area contributed by atoms with Crippen LogP contribution < -0.4 is 0 Å². The Morgan fingerprint density at radius 1 is 1.24 bits per heavy atom. The van der Waals surface area contributed by atoms with Gasteiger partial charge in [-0.3, -0.25) is 4.79 Å². The number of piperidine rings is 1. The van der Waals surface area contributed by atoms with E-state index < -0.39 is 5.60 Å². The molecule has 2 aliphatic rings. The molecule has 2 unspecified atom stereocenters. The van der Waals surface area contributed by atoms with Crippen LogP contribution in [0.1, 0.15) is 37.7 Å². The standard InChI is InChI=1S/C18H21NO2/c20-17(10-9-15-6-2-1-3-7-15)19-13-12-18(21)11-5-4-8-16(18)14-19/h1-3,6-7,16,21H,4-5,8,11-14H2. The number of carbonyl (C=O) groups excluding carboxylic acids is 1. The van der Waals surface area contributed by atoms with Crippen molar-refractivity contribution in [2.45, 2.75) is 37.7 Å². The fourth-order valence-electron chi connectivity index (χ4n) is 3.48. The van der Waals surface area contributed by atoms with Crippen molar-refractivity contribution >= 4 is 5.91 Å². The van der Waals surface area contributed by atoms with Crippen LogP contribution in [-0.2, 0) is 4.79 Å². The number of likely N-dealkylation sites (tertiary alicyclic amines) is 1. The lowest BCUT2D eigenvalue weighted by molar-refractivity contribution is -0.137. The number of hydrogen-bond donors (Lipinski definition) is 1. The minimum absolute atomic E-state index is 0.119. The van der Waals surface area contributed by atoms with Crippen LogP contribution >= 0.6 is 0 Å². The summed E-state index contributed by atoms with van der Waals surface area (Å²) in [4.78, 5) is 14.0. The Kier molecular flexibility index (Phi) is 3.98. The molecule has 1 heterocycles. The minimum atomic E-state index is -0.540. The third-order valence-corrected chi connectivity index (χ3v) is 4.80. The Morgan fingerprint density at radius 3 is 2.86 bits per heavy atom. The monoisotopic (exact) mass is 283 g/mol. The maximum atomic E-state index is 12.2. The molecule has 2 fully saturated rings. The quantitative estimate of drug-likeness (QED) is 0.742. The first-order chi connectivity index (χ1) is 10.2. The van der Waals surface area contributed by atoms with E-state index in [1.807, 2.05) is 30.3 Å². The zero-order valence-corrected chi connectivity index (χ0v) is 12.2. The summed E-state index contributed by atoms with van der Waals surface area (Å²) in [5, 5.41) is 10.6. The molecule has 3 heteroatoms. The van der Waals surface area contributed by atoms with Gasteiger partial charge in [-0.1, -0.05) is 37.0 Å². The van der Waals surface area contributed by atoms with Crippen molar-refractivity contribution in [3.05, 3.63) is 35.9 Å². The summed E-state index contributed by atoms with van der Waals surface area (Å²) in [6, 6.07) is 9.56. The molecule has 1 N–H and O–H groups in total. The van der Waals surface area contributed by atoms with Crippen LogP contribution in [0, 0.1) is 17.8 Å². The molecule has 0 radical (unpaired) electrons. The molecule has 3 rings (SSSR count). The molecule has 1 aromatic carbocycles. The average molecular weight is 283 g/mol. The SMILES string of the molecule is O=C(C#Cc1ccccc1)N1CCC2(O)CCCCC2C1. The number of rotatable bonds is 0. The molecule has 1 saturated carbocycles. The van der Waals surface area contributed by atoms with Crippen molar-refractivity contribution in [3.63, 3.8) is 0 Å². The lowest BCUT2D eigenvalue weighted by Crippen LogP contribution is -2.54. The van der Waals surface area contributed by atoms with Gasteiger partial charge in [0.1, 0.15) is 0 Å². The maximum absolute atomic E-state index is 12.2. The van der Waals surface area contributed by atoms with E-state index in [2.05, 4.69) is 11.8 Å². The molecule has 3 nitrogen and oxygen atoms in total. The van der Waals surface area contributed by atoms with Gasteiger partial charge < -0.3 is 10.0 Å². The Labute approximate surface area is 126 Å². The summed E-state index contributed by atoms with van der Waals surface area (Å²) in [7, 11) is 0. The van der Waals surface area contributed by atoms with Gasteiger partial charge in [-0.2, -0.15) is 0 Å². The van der Waals surface area contributed by atoms with E-state index >= 15 is 0 Å². The molecule has 1 saturated heterocycles. The van der Waals surface area contributed by atoms with Gasteiger partial charge in [0.15, 0.2) is 0 Å². The summed E-state index contributed by atoms with van der Waals surface area (Å²) in [6.45, 7) is 1.27. The van der Waals surface area contributed by atoms with E-state index in [4.69, 9.17) is 0 Å². The van der Waals surface area contributed by atoms with E-state index in [0.29, 0.717) is 19.5 Å². The highest BCUT2D eigenvalue weighted by molar-refractivity contribution is 5.94. The molecule has 1 aliphatic carbocycles. The molecular weight excluding hydrogens is 262 g/mol. The third-order valence-electron chi connectivity index (χ3n) is 4.80. The number of nitrogens with zero attached hydrogens (tertiary/aromatic N) is 1. The zero-order chi connectivity index (χ0) is 14.7. The number of amides is 1. The second kappa shape index (κ2) is 5.91. The van der Waals surface area contributed by atoms with E-state index in [-0.39, 0.29) is 11.8 Å². The summed E-state index contributed by atoms with van der Waals surface area (Å²) in [6.07, 6.45) is 4.86. The number of benzene rings is 1. The van der Waals surface area contributed by atoms with Crippen LogP contribution in [0.3, 0.4) is 0 Å². The van der Waals surface area contributed by atoms with Gasteiger partial charge in [-0.05, 0) is 31.4 Å². The Morgan fingerprint density at radius 2 is 2.05 bits per heavy atom. The largest absolute Gasteiger partial charge is 0.389 e. The second-order valence-corrected chi connectivity index (χ2v) is 6.16. The van der Waals surface area contributed by atoms with Crippen LogP contribution in [0.4, 0.5) is 0 Å². The first-order valence-electron chi connectivity index (χ1n) is 7.76. The van der Waals surface area contributed by atoms with Gasteiger partial charge >= 0.3 is 0 Å². The smallest absolute Gasteiger partial charge is 0.298 e. The number of aliphatic hydroxyl groups is 1. The predicted molar refractivity (Wildman–Crippen MR) is 81.4 cm³/mol. The van der Waals surface area contributed by atoms with Crippen molar-refractivity contribution in [1.82, 2.24) is 4.90 Å². The predicted octanol–water partition coefficient (Wildman–Crippen LogP) is 2.19. The van der Waals surface area contributed by atoms with Crippen molar-refractivity contribution in [1.29, 1.82) is 0 Å². The van der Waals surface area contributed by atoms with Gasteiger partial charge in [0.25, 0.3) is 5.91 Å². The van der Waals surface area contributed by atoms with Crippen LogP contribution in [0.15, 0.2) is 30.3 Å². The Hall–Kier alpha value is -1.79. The van der Waals surface area contributed by atoms with Crippen molar-refractivity contribution < 1.29 is 9.90 Å². The summed E-state index contributed by atoms with van der Waals surface area (Å²) < 4.78 is 0. The van der Waals surface area contributed by atoms with Crippen LogP contribution in [0.25, 0.3) is 0 Å². The van der Waals surface area contributed by atoms with E-state index in [0.717, 1.165) is 31.2 Å². The van der Waals surface area contributed by atoms with E-state index in [1.165, 1.54) is 0 Å². The highest BCUT2D eigenvalue weighted by atomic mass is 16.3. The van der Waals surface area contributed by atoms with Gasteiger partial charge in [0.05, 0.1) is 5.60 Å². The molecule has 0 bridgehead atoms. The number of carbonyl (C=O) groups is 1. The van der Waals surface area contributed by atoms with E-state index in [9.17, 15) is 9.90 Å². The number of hydrogen-bond acceptors (Lipinski definition) is 2. The molecule has 1 aromatic rings. The van der Waals surface area contributed by atoms with Crippen LogP contribution in [0.2, 0.25) is 0 Å². The highest BCUT2D eigenvalue weighted by Gasteiger charge is 2.43. The Bertz CT molecular complexity index is 572. The fraction of sp³-hybridized carbons (Fsp3) is 0.500. The van der Waals surface area contributed by atoms with Crippen molar-refractivity contribution in [2.24, 2.45) is 5.92 Å². The normalized spacial score (nSPS) is 28.2.